The number of aryl methyl sites for hydroxylation is 3. The molecule has 1 N–H and O–H groups in total. The number of carbonyl (C=O) groups excluding carboxylic acids is 1. The third-order valence-corrected chi connectivity index (χ3v) is 5.18. The maximum absolute atomic E-state index is 12.7. The molecule has 0 spiro atoms. The summed E-state index contributed by atoms with van der Waals surface area (Å²) in [5, 5.41) is 8.30. The lowest BCUT2D eigenvalue weighted by Gasteiger charge is -2.11. The topological polar surface area (TPSA) is 77.6 Å². The van der Waals surface area contributed by atoms with Crippen molar-refractivity contribution < 1.29 is 4.79 Å². The third kappa shape index (κ3) is 3.60. The van der Waals surface area contributed by atoms with Crippen LogP contribution in [0.3, 0.4) is 0 Å². The van der Waals surface area contributed by atoms with E-state index in [1.807, 2.05) is 42.8 Å². The standard InChI is InChI=1S/C22H26N6O/c1-14(2)28-21-17(13-24-28)12-18(15(3)25-21)22(29)23-10-7-11-27-16(4)26-19-8-5-6-9-20(19)27/h5-6,8-9,12-14H,7,10-11H2,1-4H3,(H,23,29). The molecule has 0 saturated carbocycles. The lowest BCUT2D eigenvalue weighted by Crippen LogP contribution is -2.26. The van der Waals surface area contributed by atoms with Gasteiger partial charge in [-0.1, -0.05) is 12.1 Å². The molecule has 29 heavy (non-hydrogen) atoms. The minimum absolute atomic E-state index is 0.0959. The molecule has 150 valence electrons. The fraction of sp³-hybridized carbons (Fsp3) is 0.364. The molecule has 0 bridgehead atoms. The van der Waals surface area contributed by atoms with Crippen molar-refractivity contribution in [3.05, 3.63) is 53.6 Å². The maximum atomic E-state index is 12.7. The minimum atomic E-state index is -0.0959. The number of rotatable bonds is 6. The number of carbonyl (C=O) groups is 1. The molecular weight excluding hydrogens is 364 g/mol. The van der Waals surface area contributed by atoms with E-state index in [0.717, 1.165) is 40.9 Å². The fourth-order valence-corrected chi connectivity index (χ4v) is 3.69. The van der Waals surface area contributed by atoms with Gasteiger partial charge in [0.15, 0.2) is 5.65 Å². The summed E-state index contributed by atoms with van der Waals surface area (Å²) in [5.74, 6) is 0.895. The Balaban J connectivity index is 1.42. The van der Waals surface area contributed by atoms with Crippen molar-refractivity contribution >= 4 is 28.0 Å². The maximum Gasteiger partial charge on any atom is 0.253 e. The van der Waals surface area contributed by atoms with Gasteiger partial charge in [0.25, 0.3) is 5.91 Å². The van der Waals surface area contributed by atoms with Crippen LogP contribution in [0.25, 0.3) is 22.1 Å². The molecule has 1 aromatic carbocycles. The Morgan fingerprint density at radius 3 is 2.76 bits per heavy atom. The number of para-hydroxylation sites is 2. The number of imidazole rings is 1. The predicted octanol–water partition coefficient (Wildman–Crippen LogP) is 3.80. The zero-order valence-corrected chi connectivity index (χ0v) is 17.3. The number of fused-ring (bicyclic) bond motifs is 2. The van der Waals surface area contributed by atoms with Crippen LogP contribution in [-0.2, 0) is 6.54 Å². The molecule has 0 saturated heterocycles. The largest absolute Gasteiger partial charge is 0.352 e. The van der Waals surface area contributed by atoms with Crippen LogP contribution in [0.4, 0.5) is 0 Å². The molecule has 0 aliphatic heterocycles. The van der Waals surface area contributed by atoms with E-state index in [9.17, 15) is 4.79 Å². The summed E-state index contributed by atoms with van der Waals surface area (Å²) in [4.78, 5) is 21.9. The van der Waals surface area contributed by atoms with E-state index in [1.165, 1.54) is 0 Å². The van der Waals surface area contributed by atoms with Gasteiger partial charge in [-0.05, 0) is 52.3 Å². The molecule has 0 radical (unpaired) electrons. The van der Waals surface area contributed by atoms with Crippen molar-refractivity contribution in [1.82, 2.24) is 29.6 Å². The predicted molar refractivity (Wildman–Crippen MR) is 114 cm³/mol. The number of aromatic nitrogens is 5. The Hall–Kier alpha value is -3.22. The third-order valence-electron chi connectivity index (χ3n) is 5.18. The van der Waals surface area contributed by atoms with Crippen molar-refractivity contribution in [3.8, 4) is 0 Å². The summed E-state index contributed by atoms with van der Waals surface area (Å²) >= 11 is 0. The summed E-state index contributed by atoms with van der Waals surface area (Å²) < 4.78 is 4.07. The van der Waals surface area contributed by atoms with Gasteiger partial charge in [-0.15, -0.1) is 0 Å². The van der Waals surface area contributed by atoms with E-state index >= 15 is 0 Å². The average molecular weight is 390 g/mol. The molecule has 1 amide bonds. The minimum Gasteiger partial charge on any atom is -0.352 e. The van der Waals surface area contributed by atoms with Gasteiger partial charge in [-0.2, -0.15) is 5.10 Å². The highest BCUT2D eigenvalue weighted by Crippen LogP contribution is 2.19. The molecule has 0 aliphatic rings. The van der Waals surface area contributed by atoms with Gasteiger partial charge in [0.1, 0.15) is 5.82 Å². The van der Waals surface area contributed by atoms with Gasteiger partial charge >= 0.3 is 0 Å². The number of amides is 1. The van der Waals surface area contributed by atoms with Crippen LogP contribution in [0.1, 0.15) is 48.2 Å². The second kappa shape index (κ2) is 7.66. The zero-order chi connectivity index (χ0) is 20.5. The second-order valence-corrected chi connectivity index (χ2v) is 7.63. The van der Waals surface area contributed by atoms with Crippen LogP contribution in [0.5, 0.6) is 0 Å². The summed E-state index contributed by atoms with van der Waals surface area (Å²) in [6, 6.07) is 10.2. The fourth-order valence-electron chi connectivity index (χ4n) is 3.69. The Kier molecular flexibility index (Phi) is 5.05. The molecule has 0 unspecified atom stereocenters. The second-order valence-electron chi connectivity index (χ2n) is 7.63. The number of nitrogens with zero attached hydrogens (tertiary/aromatic N) is 5. The monoisotopic (exact) mass is 390 g/mol. The van der Waals surface area contributed by atoms with E-state index in [2.05, 4.69) is 44.9 Å². The van der Waals surface area contributed by atoms with Crippen LogP contribution in [0.2, 0.25) is 0 Å². The molecule has 7 heteroatoms. The van der Waals surface area contributed by atoms with Crippen LogP contribution >= 0.6 is 0 Å². The van der Waals surface area contributed by atoms with E-state index < -0.39 is 0 Å². The highest BCUT2D eigenvalue weighted by atomic mass is 16.1. The van der Waals surface area contributed by atoms with Crippen LogP contribution in [0.15, 0.2) is 36.5 Å². The van der Waals surface area contributed by atoms with Crippen molar-refractivity contribution in [2.75, 3.05) is 6.54 Å². The molecule has 0 atom stereocenters. The molecule has 4 rings (SSSR count). The van der Waals surface area contributed by atoms with Gasteiger partial charge in [0.2, 0.25) is 0 Å². The molecule has 7 nitrogen and oxygen atoms in total. The normalized spacial score (nSPS) is 11.6. The van der Waals surface area contributed by atoms with Gasteiger partial charge in [0.05, 0.1) is 28.5 Å². The summed E-state index contributed by atoms with van der Waals surface area (Å²) in [7, 11) is 0. The molecule has 0 fully saturated rings. The van der Waals surface area contributed by atoms with Gasteiger partial charge < -0.3 is 9.88 Å². The van der Waals surface area contributed by atoms with Crippen molar-refractivity contribution in [2.45, 2.75) is 46.7 Å². The Morgan fingerprint density at radius 2 is 1.97 bits per heavy atom. The highest BCUT2D eigenvalue weighted by Gasteiger charge is 2.15. The van der Waals surface area contributed by atoms with E-state index in [0.29, 0.717) is 17.8 Å². The first-order chi connectivity index (χ1) is 14.0. The Morgan fingerprint density at radius 1 is 1.17 bits per heavy atom. The van der Waals surface area contributed by atoms with Crippen molar-refractivity contribution in [2.24, 2.45) is 0 Å². The van der Waals surface area contributed by atoms with E-state index in [-0.39, 0.29) is 11.9 Å². The Bertz CT molecular complexity index is 1190. The van der Waals surface area contributed by atoms with Crippen LogP contribution < -0.4 is 5.32 Å². The molecule has 3 aromatic heterocycles. The van der Waals surface area contributed by atoms with Crippen LogP contribution in [-0.4, -0.2) is 36.8 Å². The van der Waals surface area contributed by atoms with Crippen molar-refractivity contribution in [1.29, 1.82) is 0 Å². The number of hydrogen-bond donors (Lipinski definition) is 1. The Labute approximate surface area is 169 Å². The quantitative estimate of drug-likeness (QED) is 0.508. The number of benzene rings is 1. The number of hydrogen-bond acceptors (Lipinski definition) is 4. The molecular formula is C22H26N6O. The SMILES string of the molecule is Cc1nc2c(cnn2C(C)C)cc1C(=O)NCCCn1c(C)nc2ccccc21. The lowest BCUT2D eigenvalue weighted by molar-refractivity contribution is 0.0952. The van der Waals surface area contributed by atoms with E-state index in [1.54, 1.807) is 6.20 Å². The summed E-state index contributed by atoms with van der Waals surface area (Å²) in [5.41, 5.74) is 4.27. The highest BCUT2D eigenvalue weighted by molar-refractivity contribution is 5.98. The average Bonchev–Trinajstić information content (AvgIpc) is 3.24. The number of nitrogens with one attached hydrogen (secondary N) is 1. The summed E-state index contributed by atoms with van der Waals surface area (Å²) in [6.45, 7) is 9.41. The number of pyridine rings is 1. The van der Waals surface area contributed by atoms with E-state index in [4.69, 9.17) is 0 Å². The molecule has 4 aromatic rings. The smallest absolute Gasteiger partial charge is 0.253 e. The molecule has 0 aliphatic carbocycles. The van der Waals surface area contributed by atoms with Gasteiger partial charge in [0, 0.05) is 24.5 Å². The van der Waals surface area contributed by atoms with Gasteiger partial charge in [-0.25, -0.2) is 14.6 Å². The first kappa shape index (κ1) is 19.1. The molecule has 3 heterocycles. The first-order valence-electron chi connectivity index (χ1n) is 10.0. The first-order valence-corrected chi connectivity index (χ1v) is 10.0. The lowest BCUT2D eigenvalue weighted by atomic mass is 10.1. The van der Waals surface area contributed by atoms with Crippen LogP contribution in [0, 0.1) is 13.8 Å². The zero-order valence-electron chi connectivity index (χ0n) is 17.3. The van der Waals surface area contributed by atoms with Gasteiger partial charge in [-0.3, -0.25) is 4.79 Å². The summed E-state index contributed by atoms with van der Waals surface area (Å²) in [6.07, 6.45) is 2.60. The van der Waals surface area contributed by atoms with Crippen molar-refractivity contribution in [3.63, 3.8) is 0 Å².